The molecule has 2 aliphatic rings. The molecule has 1 fully saturated rings. The van der Waals surface area contributed by atoms with Gasteiger partial charge in [0.2, 0.25) is 5.91 Å². The van der Waals surface area contributed by atoms with Crippen LogP contribution < -0.4 is 10.6 Å². The summed E-state index contributed by atoms with van der Waals surface area (Å²) in [7, 11) is 1.38. The number of nitrogens with one attached hydrogen (secondary N) is 2. The largest absolute Gasteiger partial charge is 0.465 e. The molecule has 3 heterocycles. The van der Waals surface area contributed by atoms with E-state index in [4.69, 9.17) is 4.74 Å². The smallest absolute Gasteiger partial charge is 0.341 e. The van der Waals surface area contributed by atoms with Gasteiger partial charge in [0.25, 0.3) is 5.91 Å². The van der Waals surface area contributed by atoms with E-state index in [0.717, 1.165) is 55.6 Å². The lowest BCUT2D eigenvalue weighted by Crippen LogP contribution is -2.46. The maximum absolute atomic E-state index is 12.8. The highest BCUT2D eigenvalue weighted by Crippen LogP contribution is 2.40. The highest BCUT2D eigenvalue weighted by molar-refractivity contribution is 7.17. The van der Waals surface area contributed by atoms with Crippen molar-refractivity contribution in [1.29, 1.82) is 0 Å². The number of rotatable bonds is 6. The Labute approximate surface area is 196 Å². The van der Waals surface area contributed by atoms with Crippen molar-refractivity contribution in [2.75, 3.05) is 32.1 Å². The Bertz CT molecular complexity index is 978. The molecule has 1 unspecified atom stereocenters. The molecule has 2 amide bonds. The molecule has 2 aromatic rings. The molecule has 1 atom stereocenters. The number of hydrogen-bond donors (Lipinski definition) is 2. The minimum absolute atomic E-state index is 0.0255. The fourth-order valence-corrected chi connectivity index (χ4v) is 6.47. The third-order valence-electron chi connectivity index (χ3n) is 6.19. The fraction of sp³-hybridized carbons (Fsp3) is 0.522. The van der Waals surface area contributed by atoms with Crippen molar-refractivity contribution in [1.82, 2.24) is 10.2 Å². The van der Waals surface area contributed by atoms with Crippen LogP contribution in [-0.4, -0.2) is 55.5 Å². The first-order chi connectivity index (χ1) is 15.4. The zero-order chi connectivity index (χ0) is 22.7. The topological polar surface area (TPSA) is 87.7 Å². The molecule has 32 heavy (non-hydrogen) atoms. The van der Waals surface area contributed by atoms with Gasteiger partial charge < -0.3 is 15.4 Å². The number of ether oxygens (including phenoxy) is 1. The average Bonchev–Trinajstić information content (AvgIpc) is 3.42. The number of esters is 1. The molecule has 1 aliphatic carbocycles. The van der Waals surface area contributed by atoms with Crippen LogP contribution in [-0.2, 0) is 22.4 Å². The van der Waals surface area contributed by atoms with Gasteiger partial charge in [-0.3, -0.25) is 14.5 Å². The van der Waals surface area contributed by atoms with E-state index in [1.807, 2.05) is 17.5 Å². The molecule has 2 aromatic heterocycles. The minimum Gasteiger partial charge on any atom is -0.465 e. The van der Waals surface area contributed by atoms with Gasteiger partial charge in [-0.25, -0.2) is 4.79 Å². The molecule has 2 N–H and O–H groups in total. The first kappa shape index (κ1) is 22.9. The number of likely N-dealkylation sites (tertiary alicyclic amines) is 1. The van der Waals surface area contributed by atoms with Crippen molar-refractivity contribution >= 4 is 45.5 Å². The van der Waals surface area contributed by atoms with Crippen LogP contribution in [0.2, 0.25) is 0 Å². The van der Waals surface area contributed by atoms with Crippen molar-refractivity contribution in [2.24, 2.45) is 5.92 Å². The highest BCUT2D eigenvalue weighted by Gasteiger charge is 2.29. The zero-order valence-corrected chi connectivity index (χ0v) is 20.1. The van der Waals surface area contributed by atoms with Gasteiger partial charge in [-0.05, 0) is 55.0 Å². The molecule has 4 rings (SSSR count). The molecule has 0 spiro atoms. The van der Waals surface area contributed by atoms with E-state index in [9.17, 15) is 14.4 Å². The van der Waals surface area contributed by atoms with E-state index >= 15 is 0 Å². The van der Waals surface area contributed by atoms with Gasteiger partial charge in [0, 0.05) is 24.0 Å². The second-order valence-corrected chi connectivity index (χ2v) is 10.6. The normalized spacial score (nSPS) is 19.2. The summed E-state index contributed by atoms with van der Waals surface area (Å²) in [5.41, 5.74) is 1.57. The first-order valence-electron chi connectivity index (χ1n) is 11.0. The third kappa shape index (κ3) is 5.22. The molecule has 172 valence electrons. The lowest BCUT2D eigenvalue weighted by atomic mass is 9.88. The van der Waals surface area contributed by atoms with E-state index in [0.29, 0.717) is 16.5 Å². The zero-order valence-electron chi connectivity index (χ0n) is 18.4. The van der Waals surface area contributed by atoms with E-state index in [1.165, 1.54) is 34.7 Å². The highest BCUT2D eigenvalue weighted by atomic mass is 32.1. The van der Waals surface area contributed by atoms with Crippen LogP contribution in [0, 0.1) is 5.92 Å². The van der Waals surface area contributed by atoms with Gasteiger partial charge >= 0.3 is 5.97 Å². The molecule has 0 bridgehead atoms. The van der Waals surface area contributed by atoms with E-state index in [1.54, 1.807) is 0 Å². The lowest BCUT2D eigenvalue weighted by molar-refractivity contribution is -0.117. The van der Waals surface area contributed by atoms with Gasteiger partial charge in [0.1, 0.15) is 5.00 Å². The van der Waals surface area contributed by atoms with Crippen molar-refractivity contribution < 1.29 is 19.1 Å². The number of carbonyl (C=O) groups is 3. The summed E-state index contributed by atoms with van der Waals surface area (Å²) in [5.74, 6) is 0.0526. The maximum atomic E-state index is 12.8. The molecule has 0 aromatic carbocycles. The second kappa shape index (κ2) is 10.1. The summed E-state index contributed by atoms with van der Waals surface area (Å²) in [6, 6.07) is 3.82. The number of fused-ring (bicyclic) bond motifs is 1. The summed E-state index contributed by atoms with van der Waals surface area (Å²) >= 11 is 2.94. The Morgan fingerprint density at radius 2 is 2.00 bits per heavy atom. The van der Waals surface area contributed by atoms with Crippen LogP contribution in [0.1, 0.15) is 56.7 Å². The third-order valence-corrected chi connectivity index (χ3v) is 8.23. The summed E-state index contributed by atoms with van der Waals surface area (Å²) in [5, 5.41) is 8.57. The average molecular weight is 476 g/mol. The molecule has 9 heteroatoms. The quantitative estimate of drug-likeness (QED) is 0.624. The molecule has 0 radical (unpaired) electrons. The van der Waals surface area contributed by atoms with Crippen molar-refractivity contribution in [3.05, 3.63) is 38.4 Å². The number of hydrogen-bond acceptors (Lipinski definition) is 7. The van der Waals surface area contributed by atoms with Gasteiger partial charge in [-0.2, -0.15) is 0 Å². The van der Waals surface area contributed by atoms with Crippen molar-refractivity contribution in [3.63, 3.8) is 0 Å². The first-order valence-corrected chi connectivity index (χ1v) is 12.7. The Morgan fingerprint density at radius 1 is 1.22 bits per heavy atom. The Kier molecular flexibility index (Phi) is 7.27. The predicted molar refractivity (Wildman–Crippen MR) is 127 cm³/mol. The molecule has 0 saturated carbocycles. The summed E-state index contributed by atoms with van der Waals surface area (Å²) < 4.78 is 5.00. The molecule has 1 aliphatic heterocycles. The van der Waals surface area contributed by atoms with Crippen LogP contribution in [0.5, 0.6) is 0 Å². The van der Waals surface area contributed by atoms with E-state index in [2.05, 4.69) is 22.5 Å². The molecule has 1 saturated heterocycles. The summed E-state index contributed by atoms with van der Waals surface area (Å²) in [6.45, 7) is 3.96. The van der Waals surface area contributed by atoms with Gasteiger partial charge in [-0.1, -0.05) is 13.0 Å². The van der Waals surface area contributed by atoms with Crippen LogP contribution in [0.25, 0.3) is 0 Å². The van der Waals surface area contributed by atoms with E-state index in [-0.39, 0.29) is 30.4 Å². The number of methoxy groups -OCH3 is 1. The predicted octanol–water partition coefficient (Wildman–Crippen LogP) is 3.55. The Balaban J connectivity index is 1.32. The standard InChI is InChI=1S/C23H29N3O4S2/c1-14-5-6-16-18(12-14)32-22(20(16)23(29)30-2)25-19(27)13-26-9-7-15(8-10-26)24-21(28)17-4-3-11-31-17/h3-4,11,14-15H,5-10,12-13H2,1-2H3,(H,24,28)(H,25,27). The number of carbonyl (C=O) groups excluding carboxylic acids is 3. The SMILES string of the molecule is COC(=O)c1c(NC(=O)CN2CCC(NC(=O)c3cccs3)CC2)sc2c1CCC(C)C2. The van der Waals surface area contributed by atoms with Crippen LogP contribution in [0.15, 0.2) is 17.5 Å². The Morgan fingerprint density at radius 3 is 2.69 bits per heavy atom. The Hall–Kier alpha value is -2.23. The number of nitrogens with zero attached hydrogens (tertiary/aromatic N) is 1. The number of anilines is 1. The number of amides is 2. The molecule has 7 nitrogen and oxygen atoms in total. The van der Waals surface area contributed by atoms with Crippen molar-refractivity contribution in [2.45, 2.75) is 45.1 Å². The monoisotopic (exact) mass is 475 g/mol. The van der Waals surface area contributed by atoms with Crippen LogP contribution in [0.4, 0.5) is 5.00 Å². The maximum Gasteiger partial charge on any atom is 0.341 e. The van der Waals surface area contributed by atoms with Gasteiger partial charge in [0.05, 0.1) is 24.1 Å². The van der Waals surface area contributed by atoms with Gasteiger partial charge in [0.15, 0.2) is 0 Å². The number of piperidine rings is 1. The minimum atomic E-state index is -0.380. The number of thiophene rings is 2. The summed E-state index contributed by atoms with van der Waals surface area (Å²) in [6.07, 6.45) is 4.44. The van der Waals surface area contributed by atoms with Crippen molar-refractivity contribution in [3.8, 4) is 0 Å². The van der Waals surface area contributed by atoms with Crippen LogP contribution >= 0.6 is 22.7 Å². The molecular formula is C23H29N3O4S2. The summed E-state index contributed by atoms with van der Waals surface area (Å²) in [4.78, 5) is 41.4. The van der Waals surface area contributed by atoms with Crippen LogP contribution in [0.3, 0.4) is 0 Å². The lowest BCUT2D eigenvalue weighted by Gasteiger charge is -2.31. The second-order valence-electron chi connectivity index (χ2n) is 8.60. The fourth-order valence-electron chi connectivity index (χ4n) is 4.43. The van der Waals surface area contributed by atoms with E-state index < -0.39 is 0 Å². The van der Waals surface area contributed by atoms with Gasteiger partial charge in [-0.15, -0.1) is 22.7 Å². The molecular weight excluding hydrogens is 446 g/mol.